The first kappa shape index (κ1) is 15.2. The lowest BCUT2D eigenvalue weighted by Crippen LogP contribution is -2.28. The lowest BCUT2D eigenvalue weighted by molar-refractivity contribution is -0.126. The molecule has 1 amide bonds. The minimum Gasteiger partial charge on any atom is -0.466 e. The second kappa shape index (κ2) is 6.22. The Morgan fingerprint density at radius 2 is 2.32 bits per heavy atom. The van der Waals surface area contributed by atoms with E-state index in [2.05, 4.69) is 10.3 Å². The molecule has 6 heteroatoms. The van der Waals surface area contributed by atoms with E-state index in [4.69, 9.17) is 9.15 Å². The Morgan fingerprint density at radius 1 is 1.55 bits per heavy atom. The molecule has 1 aliphatic carbocycles. The van der Waals surface area contributed by atoms with Crippen LogP contribution in [0.4, 0.5) is 5.13 Å². The van der Waals surface area contributed by atoms with E-state index in [1.165, 1.54) is 24.2 Å². The molecule has 1 fully saturated rings. The largest absolute Gasteiger partial charge is 0.466 e. The first-order chi connectivity index (χ1) is 10.5. The van der Waals surface area contributed by atoms with E-state index < -0.39 is 6.10 Å². The fourth-order valence-electron chi connectivity index (χ4n) is 2.19. The number of carbonyl (C=O) groups is 1. The van der Waals surface area contributed by atoms with Crippen LogP contribution in [0.1, 0.15) is 31.3 Å². The number of amides is 1. The van der Waals surface area contributed by atoms with Crippen molar-refractivity contribution >= 4 is 22.4 Å². The Morgan fingerprint density at radius 3 is 2.95 bits per heavy atom. The zero-order chi connectivity index (χ0) is 15.7. The summed E-state index contributed by atoms with van der Waals surface area (Å²) in [7, 11) is 0. The van der Waals surface area contributed by atoms with Gasteiger partial charge in [-0.25, -0.2) is 4.98 Å². The molecular formula is C16H20N2O3S. The van der Waals surface area contributed by atoms with Crippen LogP contribution >= 0.6 is 11.3 Å². The lowest BCUT2D eigenvalue weighted by Gasteiger charge is -2.11. The summed E-state index contributed by atoms with van der Waals surface area (Å²) in [6.45, 7) is 6.26. The van der Waals surface area contributed by atoms with Crippen molar-refractivity contribution in [3.8, 4) is 11.3 Å². The molecule has 0 spiro atoms. The van der Waals surface area contributed by atoms with Gasteiger partial charge in [-0.05, 0) is 45.6 Å². The summed E-state index contributed by atoms with van der Waals surface area (Å²) >= 11 is 1.40. The third-order valence-electron chi connectivity index (χ3n) is 3.70. The molecular weight excluding hydrogens is 300 g/mol. The van der Waals surface area contributed by atoms with Crippen LogP contribution in [0.3, 0.4) is 0 Å². The summed E-state index contributed by atoms with van der Waals surface area (Å²) in [5.41, 5.74) is 1.79. The van der Waals surface area contributed by atoms with Gasteiger partial charge in [0.1, 0.15) is 17.6 Å². The molecule has 2 aromatic heterocycles. The molecule has 1 N–H and O–H groups in total. The highest BCUT2D eigenvalue weighted by Gasteiger charge is 2.24. The summed E-state index contributed by atoms with van der Waals surface area (Å²) in [5.74, 6) is 2.19. The van der Waals surface area contributed by atoms with Crippen molar-refractivity contribution in [3.05, 3.63) is 23.0 Å². The number of rotatable bonds is 6. The van der Waals surface area contributed by atoms with Gasteiger partial charge in [0.05, 0.1) is 12.3 Å². The molecule has 1 unspecified atom stereocenters. The van der Waals surface area contributed by atoms with Gasteiger partial charge in [-0.1, -0.05) is 0 Å². The van der Waals surface area contributed by atoms with Crippen LogP contribution in [0.2, 0.25) is 0 Å². The molecule has 22 heavy (non-hydrogen) atoms. The molecule has 3 rings (SSSR count). The standard InChI is InChI=1S/C16H20N2O3S/c1-9-6-13(10(2)21-9)14-8-22-16(17-14)18-15(19)11(3)20-7-12-4-5-12/h6,8,11-12H,4-5,7H2,1-3H3,(H,17,18,19). The topological polar surface area (TPSA) is 64.4 Å². The number of nitrogens with zero attached hydrogens (tertiary/aromatic N) is 1. The normalized spacial score (nSPS) is 15.8. The number of aromatic nitrogens is 1. The van der Waals surface area contributed by atoms with Crippen molar-refractivity contribution < 1.29 is 13.9 Å². The molecule has 0 radical (unpaired) electrons. The molecule has 0 aromatic carbocycles. The van der Waals surface area contributed by atoms with E-state index in [1.54, 1.807) is 6.92 Å². The molecule has 0 saturated heterocycles. The Kier molecular flexibility index (Phi) is 4.31. The van der Waals surface area contributed by atoms with Crippen molar-refractivity contribution in [3.63, 3.8) is 0 Å². The molecule has 0 bridgehead atoms. The number of aryl methyl sites for hydroxylation is 2. The van der Waals surface area contributed by atoms with E-state index in [0.29, 0.717) is 17.7 Å². The predicted octanol–water partition coefficient (Wildman–Crippen LogP) is 3.77. The number of nitrogens with one attached hydrogen (secondary N) is 1. The maximum Gasteiger partial charge on any atom is 0.254 e. The van der Waals surface area contributed by atoms with E-state index in [9.17, 15) is 4.79 Å². The minimum atomic E-state index is -0.453. The van der Waals surface area contributed by atoms with Crippen molar-refractivity contribution in [1.29, 1.82) is 0 Å². The third kappa shape index (κ3) is 3.56. The molecule has 1 saturated carbocycles. The van der Waals surface area contributed by atoms with Crippen molar-refractivity contribution in [2.75, 3.05) is 11.9 Å². The zero-order valence-electron chi connectivity index (χ0n) is 13.0. The molecule has 5 nitrogen and oxygen atoms in total. The first-order valence-electron chi connectivity index (χ1n) is 7.48. The van der Waals surface area contributed by atoms with Gasteiger partial charge < -0.3 is 9.15 Å². The van der Waals surface area contributed by atoms with E-state index >= 15 is 0 Å². The van der Waals surface area contributed by atoms with Crippen molar-refractivity contribution in [1.82, 2.24) is 4.98 Å². The van der Waals surface area contributed by atoms with Gasteiger partial charge in [0.2, 0.25) is 0 Å². The van der Waals surface area contributed by atoms with Crippen LogP contribution in [0.5, 0.6) is 0 Å². The first-order valence-corrected chi connectivity index (χ1v) is 8.36. The number of ether oxygens (including phenoxy) is 1. The molecule has 2 heterocycles. The third-order valence-corrected chi connectivity index (χ3v) is 4.46. The average molecular weight is 320 g/mol. The SMILES string of the molecule is Cc1cc(-c2csc(NC(=O)C(C)OCC3CC3)n2)c(C)o1. The van der Waals surface area contributed by atoms with Crippen LogP contribution in [-0.2, 0) is 9.53 Å². The van der Waals surface area contributed by atoms with Gasteiger partial charge in [0.25, 0.3) is 5.91 Å². The zero-order valence-corrected chi connectivity index (χ0v) is 13.8. The number of carbonyl (C=O) groups excluding carboxylic acids is 1. The maximum atomic E-state index is 12.1. The Hall–Kier alpha value is -1.66. The van der Waals surface area contributed by atoms with Gasteiger partial charge in [0, 0.05) is 10.9 Å². The highest BCUT2D eigenvalue weighted by molar-refractivity contribution is 7.14. The number of thiazole rings is 1. The van der Waals surface area contributed by atoms with E-state index in [1.807, 2.05) is 25.3 Å². The number of anilines is 1. The number of furan rings is 1. The van der Waals surface area contributed by atoms with Gasteiger partial charge in [-0.15, -0.1) is 11.3 Å². The molecule has 0 aliphatic heterocycles. The Balaban J connectivity index is 1.61. The van der Waals surface area contributed by atoms with Gasteiger partial charge >= 0.3 is 0 Å². The highest BCUT2D eigenvalue weighted by atomic mass is 32.1. The molecule has 1 aliphatic rings. The number of hydrogen-bond donors (Lipinski definition) is 1. The summed E-state index contributed by atoms with van der Waals surface area (Å²) in [6, 6.07) is 1.96. The van der Waals surface area contributed by atoms with Crippen LogP contribution in [0.25, 0.3) is 11.3 Å². The minimum absolute atomic E-state index is 0.151. The Labute approximate surface area is 133 Å². The predicted molar refractivity (Wildman–Crippen MR) is 86.1 cm³/mol. The van der Waals surface area contributed by atoms with Gasteiger partial charge in [0.15, 0.2) is 5.13 Å². The summed E-state index contributed by atoms with van der Waals surface area (Å²) < 4.78 is 11.1. The van der Waals surface area contributed by atoms with Crippen LogP contribution in [-0.4, -0.2) is 23.6 Å². The fraction of sp³-hybridized carbons (Fsp3) is 0.500. The molecule has 2 aromatic rings. The van der Waals surface area contributed by atoms with Gasteiger partial charge in [-0.2, -0.15) is 0 Å². The smallest absolute Gasteiger partial charge is 0.254 e. The monoisotopic (exact) mass is 320 g/mol. The van der Waals surface area contributed by atoms with Crippen molar-refractivity contribution in [2.24, 2.45) is 5.92 Å². The summed E-state index contributed by atoms with van der Waals surface area (Å²) in [4.78, 5) is 16.5. The van der Waals surface area contributed by atoms with E-state index in [-0.39, 0.29) is 5.91 Å². The number of hydrogen-bond acceptors (Lipinski definition) is 5. The summed E-state index contributed by atoms with van der Waals surface area (Å²) in [5, 5.41) is 5.32. The second-order valence-electron chi connectivity index (χ2n) is 5.77. The quantitative estimate of drug-likeness (QED) is 0.880. The molecule has 1 atom stereocenters. The van der Waals surface area contributed by atoms with Gasteiger partial charge in [-0.3, -0.25) is 10.1 Å². The highest BCUT2D eigenvalue weighted by Crippen LogP contribution is 2.30. The summed E-state index contributed by atoms with van der Waals surface area (Å²) in [6.07, 6.45) is 1.98. The molecule has 118 valence electrons. The second-order valence-corrected chi connectivity index (χ2v) is 6.63. The fourth-order valence-corrected chi connectivity index (χ4v) is 2.90. The maximum absolute atomic E-state index is 12.1. The van der Waals surface area contributed by atoms with E-state index in [0.717, 1.165) is 22.8 Å². The average Bonchev–Trinajstić information content (AvgIpc) is 3.10. The van der Waals surface area contributed by atoms with Crippen LogP contribution in [0.15, 0.2) is 15.9 Å². The lowest BCUT2D eigenvalue weighted by atomic mass is 10.2. The van der Waals surface area contributed by atoms with Crippen molar-refractivity contribution in [2.45, 2.75) is 39.7 Å². The Bertz CT molecular complexity index is 673. The van der Waals surface area contributed by atoms with Crippen LogP contribution in [0, 0.1) is 19.8 Å². The van der Waals surface area contributed by atoms with Crippen LogP contribution < -0.4 is 5.32 Å².